The zero-order valence-electron chi connectivity index (χ0n) is 4.93. The van der Waals surface area contributed by atoms with Gasteiger partial charge in [-0.1, -0.05) is 22.5 Å². The van der Waals surface area contributed by atoms with Crippen LogP contribution in [0.2, 0.25) is 0 Å². The Morgan fingerprint density at radius 1 is 1.78 bits per heavy atom. The third kappa shape index (κ3) is 1.45. The van der Waals surface area contributed by atoms with E-state index in [0.717, 1.165) is 16.5 Å². The van der Waals surface area contributed by atoms with Gasteiger partial charge in [0.15, 0.2) is 0 Å². The quantitative estimate of drug-likeness (QED) is 0.648. The third-order valence-corrected chi connectivity index (χ3v) is 1.77. The number of hydrogen-bond donors (Lipinski definition) is 0. The van der Waals surface area contributed by atoms with E-state index in [1.807, 2.05) is 6.07 Å². The fourth-order valence-corrected chi connectivity index (χ4v) is 0.867. The van der Waals surface area contributed by atoms with Crippen LogP contribution >= 0.6 is 15.9 Å². The zero-order chi connectivity index (χ0) is 6.69. The monoisotopic (exact) mass is 186 g/mol. The van der Waals surface area contributed by atoms with Crippen molar-refractivity contribution in [3.63, 3.8) is 0 Å². The molecule has 0 aromatic carbocycles. The normalized spacial score (nSPS) is 9.44. The first-order valence-electron chi connectivity index (χ1n) is 2.61. The number of allylic oxidation sites excluding steroid dienone is 1. The highest BCUT2D eigenvalue weighted by atomic mass is 79.9. The van der Waals surface area contributed by atoms with E-state index in [0.29, 0.717) is 0 Å². The minimum atomic E-state index is 0.798. The van der Waals surface area contributed by atoms with Crippen LogP contribution in [0.3, 0.4) is 0 Å². The average Bonchev–Trinajstić information content (AvgIpc) is 2.37. The number of halogens is 1. The molecule has 0 bridgehead atoms. The van der Waals surface area contributed by atoms with Crippen LogP contribution in [0.4, 0.5) is 0 Å². The molecular weight excluding hydrogens is 180 g/mol. The van der Waals surface area contributed by atoms with Gasteiger partial charge in [0.2, 0.25) is 0 Å². The second kappa shape index (κ2) is 2.87. The Morgan fingerprint density at radius 3 is 3.00 bits per heavy atom. The number of alkyl halides is 1. The summed E-state index contributed by atoms with van der Waals surface area (Å²) in [5.41, 5.74) is 2.11. The lowest BCUT2D eigenvalue weighted by Gasteiger charge is -1.91. The van der Waals surface area contributed by atoms with Crippen LogP contribution < -0.4 is 0 Å². The molecule has 0 aliphatic rings. The Balaban J connectivity index is 2.77. The summed E-state index contributed by atoms with van der Waals surface area (Å²) in [4.78, 5) is 0. The average molecular weight is 187 g/mol. The summed E-state index contributed by atoms with van der Waals surface area (Å²) >= 11 is 3.29. The molecule has 0 fully saturated rings. The first-order valence-corrected chi connectivity index (χ1v) is 3.73. The van der Waals surface area contributed by atoms with Crippen LogP contribution in [0.1, 0.15) is 5.56 Å². The van der Waals surface area contributed by atoms with E-state index in [4.69, 9.17) is 4.42 Å². The zero-order valence-corrected chi connectivity index (χ0v) is 6.52. The smallest absolute Gasteiger partial charge is 0.0977 e. The third-order valence-electron chi connectivity index (χ3n) is 1.09. The lowest BCUT2D eigenvalue weighted by Crippen LogP contribution is -1.76. The minimum Gasteiger partial charge on any atom is -0.472 e. The van der Waals surface area contributed by atoms with Gasteiger partial charge in [-0.05, 0) is 11.6 Å². The van der Waals surface area contributed by atoms with Gasteiger partial charge in [-0.2, -0.15) is 0 Å². The Bertz CT molecular complexity index is 189. The van der Waals surface area contributed by atoms with E-state index in [9.17, 15) is 0 Å². The van der Waals surface area contributed by atoms with Crippen LogP contribution in [0.5, 0.6) is 0 Å². The Labute approximate surface area is 62.5 Å². The van der Waals surface area contributed by atoms with Crippen molar-refractivity contribution in [2.24, 2.45) is 0 Å². The summed E-state index contributed by atoms with van der Waals surface area (Å²) in [6, 6.07) is 1.89. The summed E-state index contributed by atoms with van der Waals surface area (Å²) in [6.45, 7) is 3.81. The molecule has 0 aliphatic heterocycles. The number of furan rings is 1. The molecule has 1 heterocycles. The van der Waals surface area contributed by atoms with Gasteiger partial charge in [0.1, 0.15) is 0 Å². The Hall–Kier alpha value is -0.500. The molecule has 0 N–H and O–H groups in total. The van der Waals surface area contributed by atoms with Crippen molar-refractivity contribution in [3.8, 4) is 0 Å². The predicted octanol–water partition coefficient (Wildman–Crippen LogP) is 2.69. The molecule has 2 heteroatoms. The Morgan fingerprint density at radius 2 is 2.56 bits per heavy atom. The van der Waals surface area contributed by atoms with Crippen molar-refractivity contribution < 1.29 is 4.42 Å². The van der Waals surface area contributed by atoms with Crippen LogP contribution in [0.15, 0.2) is 29.6 Å². The fourth-order valence-electron chi connectivity index (χ4n) is 0.543. The molecule has 0 saturated heterocycles. The maximum Gasteiger partial charge on any atom is 0.0977 e. The second-order valence-electron chi connectivity index (χ2n) is 1.75. The van der Waals surface area contributed by atoms with Crippen molar-refractivity contribution in [2.75, 3.05) is 5.33 Å². The highest BCUT2D eigenvalue weighted by Crippen LogP contribution is 2.13. The van der Waals surface area contributed by atoms with Crippen molar-refractivity contribution >= 4 is 21.5 Å². The summed E-state index contributed by atoms with van der Waals surface area (Å²) in [5.74, 6) is 0. The molecule has 9 heavy (non-hydrogen) atoms. The molecule has 1 aromatic rings. The highest BCUT2D eigenvalue weighted by Gasteiger charge is 1.95. The van der Waals surface area contributed by atoms with Crippen molar-refractivity contribution in [1.29, 1.82) is 0 Å². The molecule has 0 radical (unpaired) electrons. The van der Waals surface area contributed by atoms with Crippen LogP contribution in [0.25, 0.3) is 5.57 Å². The molecule has 1 rings (SSSR count). The summed E-state index contributed by atoms with van der Waals surface area (Å²) in [7, 11) is 0. The first-order chi connectivity index (χ1) is 4.34. The molecule has 0 aliphatic carbocycles. The SMILES string of the molecule is C=C(CBr)c1ccoc1. The van der Waals surface area contributed by atoms with Gasteiger partial charge in [0.05, 0.1) is 12.5 Å². The molecule has 1 nitrogen and oxygen atoms in total. The van der Waals surface area contributed by atoms with E-state index in [1.165, 1.54) is 0 Å². The van der Waals surface area contributed by atoms with Crippen molar-refractivity contribution in [1.82, 2.24) is 0 Å². The molecule has 0 unspecified atom stereocenters. The van der Waals surface area contributed by atoms with E-state index in [2.05, 4.69) is 22.5 Å². The number of hydrogen-bond acceptors (Lipinski definition) is 1. The van der Waals surface area contributed by atoms with Gasteiger partial charge in [0, 0.05) is 10.9 Å². The van der Waals surface area contributed by atoms with Gasteiger partial charge >= 0.3 is 0 Å². The molecule has 48 valence electrons. The molecule has 0 spiro atoms. The van der Waals surface area contributed by atoms with Crippen molar-refractivity contribution in [2.45, 2.75) is 0 Å². The van der Waals surface area contributed by atoms with Gasteiger partial charge in [0.25, 0.3) is 0 Å². The van der Waals surface area contributed by atoms with E-state index < -0.39 is 0 Å². The minimum absolute atomic E-state index is 0.798. The highest BCUT2D eigenvalue weighted by molar-refractivity contribution is 9.09. The number of rotatable bonds is 2. The van der Waals surface area contributed by atoms with E-state index >= 15 is 0 Å². The fraction of sp³-hybridized carbons (Fsp3) is 0.143. The van der Waals surface area contributed by atoms with Crippen LogP contribution in [0, 0.1) is 0 Å². The summed E-state index contributed by atoms with van der Waals surface area (Å²) < 4.78 is 4.86. The largest absolute Gasteiger partial charge is 0.472 e. The standard InChI is InChI=1S/C7H7BrO/c1-6(4-8)7-2-3-9-5-7/h2-3,5H,1,4H2. The van der Waals surface area contributed by atoms with Gasteiger partial charge in [-0.15, -0.1) is 0 Å². The Kier molecular flexibility index (Phi) is 2.11. The lowest BCUT2D eigenvalue weighted by atomic mass is 10.2. The van der Waals surface area contributed by atoms with Gasteiger partial charge in [-0.3, -0.25) is 0 Å². The van der Waals surface area contributed by atoms with Gasteiger partial charge < -0.3 is 4.42 Å². The summed E-state index contributed by atoms with van der Waals surface area (Å²) in [6.07, 6.45) is 3.33. The van der Waals surface area contributed by atoms with Crippen LogP contribution in [-0.4, -0.2) is 5.33 Å². The first kappa shape index (κ1) is 6.62. The second-order valence-corrected chi connectivity index (χ2v) is 2.31. The molecule has 0 atom stereocenters. The molecule has 1 aromatic heterocycles. The predicted molar refractivity (Wildman–Crippen MR) is 41.5 cm³/mol. The van der Waals surface area contributed by atoms with E-state index in [1.54, 1.807) is 12.5 Å². The van der Waals surface area contributed by atoms with Crippen molar-refractivity contribution in [3.05, 3.63) is 30.7 Å². The topological polar surface area (TPSA) is 13.1 Å². The lowest BCUT2D eigenvalue weighted by molar-refractivity contribution is 0.566. The van der Waals surface area contributed by atoms with Crippen LogP contribution in [-0.2, 0) is 0 Å². The summed E-state index contributed by atoms with van der Waals surface area (Å²) in [5, 5.41) is 0.798. The molecule has 0 amide bonds. The van der Waals surface area contributed by atoms with E-state index in [-0.39, 0.29) is 0 Å². The van der Waals surface area contributed by atoms with Gasteiger partial charge in [-0.25, -0.2) is 0 Å². The maximum atomic E-state index is 4.86. The molecular formula is C7H7BrO. The molecule has 0 saturated carbocycles. The maximum absolute atomic E-state index is 4.86.